The number of hydrogen-bond donors (Lipinski definition) is 2. The summed E-state index contributed by atoms with van der Waals surface area (Å²) in [5.74, 6) is -1.26. The third kappa shape index (κ3) is 3.68. The largest absolute Gasteiger partial charge is 0.507 e. The Labute approximate surface area is 145 Å². The van der Waals surface area contributed by atoms with Gasteiger partial charge in [0.05, 0.1) is 18.2 Å². The molecule has 0 aromatic heterocycles. The summed E-state index contributed by atoms with van der Waals surface area (Å²) in [6.07, 6.45) is 0.106. The molecular formula is C19H18N2O4. The molecule has 128 valence electrons. The van der Waals surface area contributed by atoms with E-state index in [0.717, 1.165) is 5.56 Å². The van der Waals surface area contributed by atoms with E-state index in [1.54, 1.807) is 24.3 Å². The number of carbonyl (C=O) groups excluding carboxylic acids is 1. The summed E-state index contributed by atoms with van der Waals surface area (Å²) in [4.78, 5) is 23.2. The van der Waals surface area contributed by atoms with Crippen LogP contribution in [-0.2, 0) is 9.59 Å². The fourth-order valence-corrected chi connectivity index (χ4v) is 2.88. The summed E-state index contributed by atoms with van der Waals surface area (Å²) in [6, 6.07) is 16.0. The van der Waals surface area contributed by atoms with Crippen LogP contribution in [0.15, 0.2) is 59.7 Å². The molecule has 0 radical (unpaired) electrons. The topological polar surface area (TPSA) is 90.2 Å². The molecule has 6 heteroatoms. The van der Waals surface area contributed by atoms with Crippen LogP contribution in [0.5, 0.6) is 5.75 Å². The van der Waals surface area contributed by atoms with Crippen LogP contribution >= 0.6 is 0 Å². The number of hydrogen-bond acceptors (Lipinski definition) is 4. The van der Waals surface area contributed by atoms with Gasteiger partial charge in [-0.05, 0) is 17.7 Å². The number of aromatic hydroxyl groups is 1. The van der Waals surface area contributed by atoms with E-state index in [0.29, 0.717) is 17.7 Å². The second-order valence-electron chi connectivity index (χ2n) is 5.83. The molecule has 0 spiro atoms. The molecule has 2 N–H and O–H groups in total. The molecule has 0 aliphatic carbocycles. The van der Waals surface area contributed by atoms with Crippen molar-refractivity contribution in [3.63, 3.8) is 0 Å². The number of para-hydroxylation sites is 1. The quantitative estimate of drug-likeness (QED) is 0.877. The van der Waals surface area contributed by atoms with Crippen molar-refractivity contribution in [2.45, 2.75) is 25.3 Å². The Hall–Kier alpha value is -3.15. The third-order valence-corrected chi connectivity index (χ3v) is 4.12. The molecule has 0 saturated heterocycles. The number of phenols is 1. The molecule has 2 aromatic carbocycles. The van der Waals surface area contributed by atoms with Gasteiger partial charge in [-0.1, -0.05) is 42.5 Å². The molecule has 0 bridgehead atoms. The number of benzene rings is 2. The van der Waals surface area contributed by atoms with Gasteiger partial charge >= 0.3 is 5.97 Å². The van der Waals surface area contributed by atoms with Crippen LogP contribution < -0.4 is 0 Å². The lowest BCUT2D eigenvalue weighted by atomic mass is 9.98. The minimum atomic E-state index is -1.02. The molecule has 1 amide bonds. The highest BCUT2D eigenvalue weighted by molar-refractivity contribution is 6.05. The first-order chi connectivity index (χ1) is 12.1. The van der Waals surface area contributed by atoms with Crippen molar-refractivity contribution in [3.8, 4) is 5.75 Å². The van der Waals surface area contributed by atoms with E-state index in [2.05, 4.69) is 5.10 Å². The monoisotopic (exact) mass is 338 g/mol. The van der Waals surface area contributed by atoms with E-state index in [1.807, 2.05) is 30.3 Å². The number of carboxylic acids is 1. The Balaban J connectivity index is 1.92. The number of carbonyl (C=O) groups is 2. The van der Waals surface area contributed by atoms with Gasteiger partial charge in [-0.25, -0.2) is 5.01 Å². The van der Waals surface area contributed by atoms with Gasteiger partial charge in [0.1, 0.15) is 5.75 Å². The van der Waals surface area contributed by atoms with Crippen molar-refractivity contribution < 1.29 is 19.8 Å². The summed E-state index contributed by atoms with van der Waals surface area (Å²) < 4.78 is 0. The fourth-order valence-electron chi connectivity index (χ4n) is 2.88. The number of nitrogens with zero attached hydrogens (tertiary/aromatic N) is 2. The van der Waals surface area contributed by atoms with Gasteiger partial charge in [-0.15, -0.1) is 0 Å². The number of aliphatic carboxylic acids is 1. The molecule has 1 atom stereocenters. The number of rotatable bonds is 5. The molecule has 0 saturated carbocycles. The van der Waals surface area contributed by atoms with Crippen molar-refractivity contribution in [2.24, 2.45) is 5.10 Å². The first-order valence-corrected chi connectivity index (χ1v) is 8.01. The normalized spacial score (nSPS) is 16.6. The lowest BCUT2D eigenvalue weighted by Crippen LogP contribution is -2.27. The first kappa shape index (κ1) is 16.7. The number of carboxylic acid groups (broad SMARTS) is 1. The SMILES string of the molecule is O=C(O)CCC(=O)N1N=C(c2ccccc2O)C[C@@H]1c1ccccc1. The Morgan fingerprint density at radius 1 is 1.04 bits per heavy atom. The van der Waals surface area contributed by atoms with Crippen molar-refractivity contribution >= 4 is 17.6 Å². The van der Waals surface area contributed by atoms with Gasteiger partial charge in [0.25, 0.3) is 0 Å². The maximum Gasteiger partial charge on any atom is 0.303 e. The highest BCUT2D eigenvalue weighted by atomic mass is 16.4. The summed E-state index contributed by atoms with van der Waals surface area (Å²) in [7, 11) is 0. The van der Waals surface area contributed by atoms with Gasteiger partial charge in [0, 0.05) is 18.4 Å². The summed E-state index contributed by atoms with van der Waals surface area (Å²) >= 11 is 0. The molecule has 0 fully saturated rings. The van der Waals surface area contributed by atoms with Crippen LogP contribution in [0.25, 0.3) is 0 Å². The average molecular weight is 338 g/mol. The second kappa shape index (κ2) is 7.17. The molecule has 0 unspecified atom stereocenters. The summed E-state index contributed by atoms with van der Waals surface area (Å²) in [5.41, 5.74) is 2.10. The fraction of sp³-hybridized carbons (Fsp3) is 0.211. The maximum absolute atomic E-state index is 12.5. The lowest BCUT2D eigenvalue weighted by molar-refractivity contribution is -0.141. The Morgan fingerprint density at radius 3 is 2.40 bits per heavy atom. The predicted octanol–water partition coefficient (Wildman–Crippen LogP) is 2.93. The van der Waals surface area contributed by atoms with Gasteiger partial charge in [-0.2, -0.15) is 5.10 Å². The minimum Gasteiger partial charge on any atom is -0.507 e. The standard InChI is InChI=1S/C19H18N2O4/c22-17-9-5-4-8-14(17)15-12-16(13-6-2-1-3-7-13)21(20-15)18(23)10-11-19(24)25/h1-9,16,22H,10-12H2,(H,24,25)/t16-/m1/s1. The highest BCUT2D eigenvalue weighted by Gasteiger charge is 2.33. The Bertz CT molecular complexity index is 817. The molecular weight excluding hydrogens is 320 g/mol. The Kier molecular flexibility index (Phi) is 4.79. The van der Waals surface area contributed by atoms with Gasteiger partial charge < -0.3 is 10.2 Å². The van der Waals surface area contributed by atoms with E-state index in [1.165, 1.54) is 5.01 Å². The molecule has 6 nitrogen and oxygen atoms in total. The van der Waals surface area contributed by atoms with E-state index >= 15 is 0 Å². The van der Waals surface area contributed by atoms with Gasteiger partial charge in [0.15, 0.2) is 0 Å². The second-order valence-corrected chi connectivity index (χ2v) is 5.83. The average Bonchev–Trinajstić information content (AvgIpc) is 3.06. The lowest BCUT2D eigenvalue weighted by Gasteiger charge is -2.21. The van der Waals surface area contributed by atoms with Crippen LogP contribution in [0.1, 0.15) is 36.4 Å². The molecule has 3 rings (SSSR count). The van der Waals surface area contributed by atoms with Crippen LogP contribution in [0.3, 0.4) is 0 Å². The van der Waals surface area contributed by atoms with Crippen LogP contribution in [0.2, 0.25) is 0 Å². The molecule has 1 heterocycles. The van der Waals surface area contributed by atoms with E-state index in [-0.39, 0.29) is 30.5 Å². The summed E-state index contributed by atoms with van der Waals surface area (Å²) in [5, 5.41) is 24.6. The van der Waals surface area contributed by atoms with Crippen molar-refractivity contribution in [1.82, 2.24) is 5.01 Å². The Morgan fingerprint density at radius 2 is 1.72 bits per heavy atom. The molecule has 1 aliphatic rings. The van der Waals surface area contributed by atoms with Crippen molar-refractivity contribution in [3.05, 3.63) is 65.7 Å². The molecule has 2 aromatic rings. The van der Waals surface area contributed by atoms with Gasteiger partial charge in [-0.3, -0.25) is 9.59 Å². The number of amides is 1. The zero-order valence-corrected chi connectivity index (χ0v) is 13.5. The first-order valence-electron chi connectivity index (χ1n) is 8.01. The highest BCUT2D eigenvalue weighted by Crippen LogP contribution is 2.35. The van der Waals surface area contributed by atoms with E-state index in [4.69, 9.17) is 5.11 Å². The number of phenolic OH excluding ortho intramolecular Hbond substituents is 1. The smallest absolute Gasteiger partial charge is 0.303 e. The maximum atomic E-state index is 12.5. The summed E-state index contributed by atoms with van der Waals surface area (Å²) in [6.45, 7) is 0. The zero-order valence-electron chi connectivity index (χ0n) is 13.5. The van der Waals surface area contributed by atoms with Gasteiger partial charge in [0.2, 0.25) is 5.91 Å². The zero-order chi connectivity index (χ0) is 17.8. The third-order valence-electron chi connectivity index (χ3n) is 4.12. The van der Waals surface area contributed by atoms with Crippen molar-refractivity contribution in [1.29, 1.82) is 0 Å². The van der Waals surface area contributed by atoms with E-state index in [9.17, 15) is 14.7 Å². The van der Waals surface area contributed by atoms with E-state index < -0.39 is 5.97 Å². The van der Waals surface area contributed by atoms with Crippen LogP contribution in [0.4, 0.5) is 0 Å². The molecule has 1 aliphatic heterocycles. The van der Waals surface area contributed by atoms with Crippen LogP contribution in [0, 0.1) is 0 Å². The number of hydrazone groups is 1. The minimum absolute atomic E-state index is 0.105. The van der Waals surface area contributed by atoms with Crippen molar-refractivity contribution in [2.75, 3.05) is 0 Å². The van der Waals surface area contributed by atoms with Crippen LogP contribution in [-0.4, -0.2) is 32.8 Å². The molecule has 25 heavy (non-hydrogen) atoms. The predicted molar refractivity (Wildman–Crippen MR) is 92.2 cm³/mol.